The Labute approximate surface area is 236 Å². The van der Waals surface area contributed by atoms with E-state index in [4.69, 9.17) is 5.73 Å². The lowest BCUT2D eigenvalue weighted by molar-refractivity contribution is -0.122. The molecule has 40 heavy (non-hydrogen) atoms. The van der Waals surface area contributed by atoms with Crippen LogP contribution in [0.15, 0.2) is 85.2 Å². The molecule has 1 atom stereocenters. The van der Waals surface area contributed by atoms with E-state index < -0.39 is 6.04 Å². The van der Waals surface area contributed by atoms with E-state index in [1.54, 1.807) is 6.20 Å². The van der Waals surface area contributed by atoms with E-state index in [-0.39, 0.29) is 11.9 Å². The summed E-state index contributed by atoms with van der Waals surface area (Å²) in [6.07, 6.45) is 8.03. The number of hydrogen-bond donors (Lipinski definition) is 4. The van der Waals surface area contributed by atoms with Gasteiger partial charge in [0.2, 0.25) is 5.91 Å². The molecule has 0 aliphatic carbocycles. The van der Waals surface area contributed by atoms with Crippen LogP contribution in [0.3, 0.4) is 0 Å². The lowest BCUT2D eigenvalue weighted by atomic mass is 10.0. The van der Waals surface area contributed by atoms with Crippen LogP contribution < -0.4 is 16.4 Å². The van der Waals surface area contributed by atoms with Crippen LogP contribution in [0.5, 0.6) is 0 Å². The summed E-state index contributed by atoms with van der Waals surface area (Å²) < 4.78 is 0. The topological polar surface area (TPSA) is 116 Å². The lowest BCUT2D eigenvalue weighted by Gasteiger charge is -2.26. The van der Waals surface area contributed by atoms with Crippen LogP contribution in [-0.4, -0.2) is 59.0 Å². The van der Waals surface area contributed by atoms with Gasteiger partial charge in [0.1, 0.15) is 6.04 Å². The highest BCUT2D eigenvalue weighted by Crippen LogP contribution is 2.19. The molecule has 3 amide bonds. The van der Waals surface area contributed by atoms with Crippen molar-refractivity contribution in [2.24, 2.45) is 5.73 Å². The number of aromatic amines is 1. The Morgan fingerprint density at radius 2 is 1.70 bits per heavy atom. The summed E-state index contributed by atoms with van der Waals surface area (Å²) in [4.78, 5) is 36.5. The molecule has 0 saturated heterocycles. The molecular weight excluding hydrogens is 500 g/mol. The molecule has 0 aliphatic heterocycles. The molecule has 0 bridgehead atoms. The molecule has 8 heteroatoms. The van der Waals surface area contributed by atoms with Crippen molar-refractivity contribution in [1.29, 1.82) is 0 Å². The molecule has 0 radical (unpaired) electrons. The number of amides is 3. The van der Waals surface area contributed by atoms with E-state index in [9.17, 15) is 9.59 Å². The number of nitrogens with one attached hydrogen (secondary N) is 3. The zero-order valence-electron chi connectivity index (χ0n) is 23.0. The molecule has 210 valence electrons. The van der Waals surface area contributed by atoms with E-state index in [0.717, 1.165) is 47.8 Å². The van der Waals surface area contributed by atoms with Crippen molar-refractivity contribution >= 4 is 22.8 Å². The molecular formula is C32H40N6O2. The third-order valence-corrected chi connectivity index (χ3v) is 7.03. The smallest absolute Gasteiger partial charge is 0.318 e. The standard InChI is InChI=1S/C32H40N6O2/c33-18-7-9-20-35-31(39)30(23-26-24-36-29-16-5-4-15-28(26)29)37-32(40)38(22-17-27-14-6-8-19-34-27)21-10-13-25-11-2-1-3-12-25/h1-6,8,11-12,14-16,19,24,30,36H,7,9-10,13,17-18,20-23,33H2,(H,35,39)(H,37,40)/t30-/m1/s1. The minimum atomic E-state index is -0.712. The summed E-state index contributed by atoms with van der Waals surface area (Å²) in [6.45, 7) is 2.19. The quantitative estimate of drug-likeness (QED) is 0.169. The lowest BCUT2D eigenvalue weighted by Crippen LogP contribution is -2.52. The van der Waals surface area contributed by atoms with E-state index in [1.165, 1.54) is 5.56 Å². The van der Waals surface area contributed by atoms with E-state index >= 15 is 0 Å². The largest absolute Gasteiger partial charge is 0.361 e. The van der Waals surface area contributed by atoms with E-state index in [2.05, 4.69) is 32.7 Å². The highest BCUT2D eigenvalue weighted by molar-refractivity contribution is 5.89. The number of nitrogens with two attached hydrogens (primary N) is 1. The van der Waals surface area contributed by atoms with Gasteiger partial charge in [-0.25, -0.2) is 4.79 Å². The Kier molecular flexibility index (Phi) is 11.1. The molecule has 0 spiro atoms. The molecule has 0 aliphatic rings. The van der Waals surface area contributed by atoms with Gasteiger partial charge in [0.25, 0.3) is 0 Å². The maximum absolute atomic E-state index is 13.7. The van der Waals surface area contributed by atoms with Crippen LogP contribution in [0.4, 0.5) is 4.79 Å². The molecule has 4 rings (SSSR count). The molecule has 2 aromatic carbocycles. The van der Waals surface area contributed by atoms with Crippen molar-refractivity contribution < 1.29 is 9.59 Å². The van der Waals surface area contributed by atoms with Crippen LogP contribution in [-0.2, 0) is 24.1 Å². The molecule has 5 N–H and O–H groups in total. The first-order valence-corrected chi connectivity index (χ1v) is 14.2. The zero-order valence-corrected chi connectivity index (χ0v) is 23.0. The zero-order chi connectivity index (χ0) is 28.0. The number of unbranched alkanes of at least 4 members (excludes halogenated alkanes) is 1. The average molecular weight is 541 g/mol. The number of hydrogen-bond acceptors (Lipinski definition) is 4. The fourth-order valence-electron chi connectivity index (χ4n) is 4.80. The summed E-state index contributed by atoms with van der Waals surface area (Å²) in [5, 5.41) is 7.11. The van der Waals surface area contributed by atoms with Gasteiger partial charge in [-0.15, -0.1) is 0 Å². The molecule has 0 unspecified atom stereocenters. The highest BCUT2D eigenvalue weighted by atomic mass is 16.2. The second-order valence-electron chi connectivity index (χ2n) is 10.00. The molecule has 2 aromatic heterocycles. The third-order valence-electron chi connectivity index (χ3n) is 7.03. The monoisotopic (exact) mass is 540 g/mol. The first kappa shape index (κ1) is 28.8. The van der Waals surface area contributed by atoms with Crippen molar-refractivity contribution in [3.8, 4) is 0 Å². The number of para-hydroxylation sites is 1. The second kappa shape index (κ2) is 15.4. The molecule has 4 aromatic rings. The van der Waals surface area contributed by atoms with Gasteiger partial charge in [0, 0.05) is 61.5 Å². The third kappa shape index (κ3) is 8.68. The van der Waals surface area contributed by atoms with Crippen LogP contribution >= 0.6 is 0 Å². The summed E-state index contributed by atoms with van der Waals surface area (Å²) in [6, 6.07) is 23.1. The SMILES string of the molecule is NCCCCNC(=O)[C@@H](Cc1c[nH]c2ccccc12)NC(=O)N(CCCc1ccccc1)CCc1ccccn1. The Hall–Kier alpha value is -4.17. The van der Waals surface area contributed by atoms with Crippen LogP contribution in [0.25, 0.3) is 10.9 Å². The number of nitrogens with zero attached hydrogens (tertiary/aromatic N) is 2. The number of aromatic nitrogens is 2. The van der Waals surface area contributed by atoms with Gasteiger partial charge in [0.05, 0.1) is 0 Å². The summed E-state index contributed by atoms with van der Waals surface area (Å²) in [5.74, 6) is -0.190. The number of rotatable bonds is 15. The van der Waals surface area contributed by atoms with Gasteiger partial charge < -0.3 is 26.3 Å². The Morgan fingerprint density at radius 1 is 0.900 bits per heavy atom. The molecule has 2 heterocycles. The van der Waals surface area contributed by atoms with Crippen LogP contribution in [0.1, 0.15) is 36.1 Å². The van der Waals surface area contributed by atoms with Gasteiger partial charge in [-0.05, 0) is 61.6 Å². The van der Waals surface area contributed by atoms with Crippen molar-refractivity contribution in [3.05, 3.63) is 102 Å². The number of H-pyrrole nitrogens is 1. The summed E-state index contributed by atoms with van der Waals surface area (Å²) in [7, 11) is 0. The Balaban J connectivity index is 1.47. The number of aryl methyl sites for hydroxylation is 1. The number of benzene rings is 2. The van der Waals surface area contributed by atoms with Crippen LogP contribution in [0.2, 0.25) is 0 Å². The predicted molar refractivity (Wildman–Crippen MR) is 160 cm³/mol. The summed E-state index contributed by atoms with van der Waals surface area (Å²) >= 11 is 0. The Morgan fingerprint density at radius 3 is 2.50 bits per heavy atom. The maximum Gasteiger partial charge on any atom is 0.318 e. The first-order valence-electron chi connectivity index (χ1n) is 14.2. The Bertz CT molecular complexity index is 1330. The van der Waals surface area contributed by atoms with Crippen molar-refractivity contribution in [3.63, 3.8) is 0 Å². The highest BCUT2D eigenvalue weighted by Gasteiger charge is 2.25. The fourth-order valence-corrected chi connectivity index (χ4v) is 4.80. The maximum atomic E-state index is 13.7. The fraction of sp³-hybridized carbons (Fsp3) is 0.344. The molecule has 0 fully saturated rings. The first-order chi connectivity index (χ1) is 19.6. The van der Waals surface area contributed by atoms with Crippen molar-refractivity contribution in [2.75, 3.05) is 26.2 Å². The van der Waals surface area contributed by atoms with Crippen LogP contribution in [0, 0.1) is 0 Å². The number of carbonyl (C=O) groups is 2. The molecule has 0 saturated carbocycles. The number of fused-ring (bicyclic) bond motifs is 1. The van der Waals surface area contributed by atoms with Gasteiger partial charge in [-0.2, -0.15) is 0 Å². The summed E-state index contributed by atoms with van der Waals surface area (Å²) in [5.41, 5.74) is 9.77. The van der Waals surface area contributed by atoms with E-state index in [1.807, 2.05) is 71.8 Å². The number of urea groups is 1. The number of carbonyl (C=O) groups excluding carboxylic acids is 2. The second-order valence-corrected chi connectivity index (χ2v) is 10.00. The minimum absolute atomic E-state index is 0.190. The van der Waals surface area contributed by atoms with Crippen molar-refractivity contribution in [1.82, 2.24) is 25.5 Å². The van der Waals surface area contributed by atoms with Gasteiger partial charge in [-0.3, -0.25) is 9.78 Å². The normalized spacial score (nSPS) is 11.7. The van der Waals surface area contributed by atoms with E-state index in [0.29, 0.717) is 39.0 Å². The average Bonchev–Trinajstić information content (AvgIpc) is 3.40. The van der Waals surface area contributed by atoms with Gasteiger partial charge in [0.15, 0.2) is 0 Å². The van der Waals surface area contributed by atoms with Crippen molar-refractivity contribution in [2.45, 2.75) is 44.6 Å². The van der Waals surface area contributed by atoms with Gasteiger partial charge in [-0.1, -0.05) is 54.6 Å². The predicted octanol–water partition coefficient (Wildman–Crippen LogP) is 4.22. The van der Waals surface area contributed by atoms with Gasteiger partial charge >= 0.3 is 6.03 Å². The minimum Gasteiger partial charge on any atom is -0.361 e. The molecule has 8 nitrogen and oxygen atoms in total. The number of pyridine rings is 1.